The Labute approximate surface area is 196 Å². The highest BCUT2D eigenvalue weighted by Gasteiger charge is 2.33. The second-order valence-electron chi connectivity index (χ2n) is 6.29. The highest BCUT2D eigenvalue weighted by Crippen LogP contribution is 2.40. The van der Waals surface area contributed by atoms with Crippen LogP contribution in [0.25, 0.3) is 0 Å². The van der Waals surface area contributed by atoms with Crippen molar-refractivity contribution in [1.29, 1.82) is 0 Å². The van der Waals surface area contributed by atoms with Crippen LogP contribution in [0.3, 0.4) is 0 Å². The molecule has 0 bridgehead atoms. The van der Waals surface area contributed by atoms with Crippen molar-refractivity contribution in [2.75, 3.05) is 5.75 Å². The molecule has 156 valence electrons. The number of hydrogen-bond donors (Lipinski definition) is 0. The zero-order chi connectivity index (χ0) is 20.3. The van der Waals surface area contributed by atoms with Crippen LogP contribution in [-0.2, 0) is 7.59 Å². The van der Waals surface area contributed by atoms with Gasteiger partial charge in [0.05, 0.1) is 0 Å². The van der Waals surface area contributed by atoms with Gasteiger partial charge in [-0.25, -0.2) is 15.0 Å². The Morgan fingerprint density at radius 1 is 0.630 bits per heavy atom. The van der Waals surface area contributed by atoms with E-state index in [2.05, 4.69) is 21.9 Å². The van der Waals surface area contributed by atoms with Gasteiger partial charge in [-0.05, 0) is 6.42 Å². The van der Waals surface area contributed by atoms with Gasteiger partial charge in [-0.15, -0.1) is 0 Å². The molecule has 1 aromatic heterocycles. The summed E-state index contributed by atoms with van der Waals surface area (Å²) in [5.74, 6) is 0.753. The summed E-state index contributed by atoms with van der Waals surface area (Å²) >= 11 is 36.6. The van der Waals surface area contributed by atoms with Crippen molar-refractivity contribution in [2.24, 2.45) is 0 Å². The third kappa shape index (κ3) is 11.8. The summed E-state index contributed by atoms with van der Waals surface area (Å²) in [5.41, 5.74) is 0. The van der Waals surface area contributed by atoms with Gasteiger partial charge >= 0.3 is 0 Å². The van der Waals surface area contributed by atoms with Gasteiger partial charge in [-0.3, -0.25) is 0 Å². The van der Waals surface area contributed by atoms with Crippen molar-refractivity contribution >= 4 is 81.4 Å². The molecule has 0 aliphatic rings. The molecule has 0 aromatic carbocycles. The summed E-state index contributed by atoms with van der Waals surface area (Å²) in [6, 6.07) is 0. The highest BCUT2D eigenvalue weighted by atomic mass is 35.6. The molecule has 0 fully saturated rings. The first-order valence-electron chi connectivity index (χ1n) is 9.18. The smallest absolute Gasteiger partial charge is 0.209 e. The van der Waals surface area contributed by atoms with Gasteiger partial charge in [0.15, 0.2) is 16.8 Å². The van der Waals surface area contributed by atoms with Crippen molar-refractivity contribution in [2.45, 2.75) is 83.9 Å². The largest absolute Gasteiger partial charge is 0.250 e. The summed E-state index contributed by atoms with van der Waals surface area (Å²) in [4.78, 5) is 12.3. The number of aromatic nitrogens is 3. The fourth-order valence-electron chi connectivity index (χ4n) is 2.43. The fourth-order valence-corrected chi connectivity index (χ4v) is 3.77. The zero-order valence-corrected chi connectivity index (χ0v) is 20.6. The zero-order valence-electron chi connectivity index (χ0n) is 15.3. The topological polar surface area (TPSA) is 38.7 Å². The lowest BCUT2D eigenvalue weighted by molar-refractivity contribution is 0.563. The van der Waals surface area contributed by atoms with Crippen LogP contribution in [0.5, 0.6) is 0 Å². The molecule has 0 radical (unpaired) electrons. The second kappa shape index (κ2) is 13.4. The normalized spacial score (nSPS) is 12.6. The molecule has 0 saturated carbocycles. The lowest BCUT2D eigenvalue weighted by Gasteiger charge is -2.15. The maximum absolute atomic E-state index is 5.86. The Balaban J connectivity index is 2.36. The van der Waals surface area contributed by atoms with E-state index in [1.54, 1.807) is 0 Å². The van der Waals surface area contributed by atoms with Crippen LogP contribution >= 0.6 is 81.4 Å². The molecule has 0 unspecified atom stereocenters. The quantitative estimate of drug-likeness (QED) is 0.159. The number of halogens is 6. The molecular formula is C17H25Cl6N3S. The number of nitrogens with zero attached hydrogens (tertiary/aromatic N) is 3. The first-order valence-corrected chi connectivity index (χ1v) is 12.4. The second-order valence-corrected chi connectivity index (χ2v) is 11.9. The third-order valence-electron chi connectivity index (χ3n) is 3.85. The van der Waals surface area contributed by atoms with E-state index < -0.39 is 7.59 Å². The molecule has 1 heterocycles. The Kier molecular flexibility index (Phi) is 13.0. The third-order valence-corrected chi connectivity index (χ3v) is 5.80. The van der Waals surface area contributed by atoms with E-state index in [1.165, 1.54) is 69.5 Å². The van der Waals surface area contributed by atoms with Crippen molar-refractivity contribution in [1.82, 2.24) is 15.0 Å². The van der Waals surface area contributed by atoms with Crippen LogP contribution in [0.15, 0.2) is 5.16 Å². The van der Waals surface area contributed by atoms with Crippen LogP contribution in [0.4, 0.5) is 0 Å². The first-order chi connectivity index (χ1) is 12.6. The number of thioether (sulfide) groups is 1. The maximum atomic E-state index is 5.86. The van der Waals surface area contributed by atoms with Crippen LogP contribution in [0.2, 0.25) is 0 Å². The average molecular weight is 516 g/mol. The van der Waals surface area contributed by atoms with Gasteiger partial charge in [0, 0.05) is 5.75 Å². The van der Waals surface area contributed by atoms with E-state index in [0.717, 1.165) is 12.2 Å². The standard InChI is InChI=1S/C17H25Cl6N3S/c1-2-3-4-5-6-7-8-9-10-11-12-27-15-25-13(16(18,19)20)24-14(26-15)17(21,22)23/h2-12H2,1H3. The molecule has 3 nitrogen and oxygen atoms in total. The number of unbranched alkanes of at least 4 members (excludes halogenated alkanes) is 9. The first kappa shape index (κ1) is 26.1. The van der Waals surface area contributed by atoms with E-state index >= 15 is 0 Å². The minimum Gasteiger partial charge on any atom is -0.209 e. The Hall–Kier alpha value is 1.10. The number of hydrogen-bond acceptors (Lipinski definition) is 4. The van der Waals surface area contributed by atoms with Crippen molar-refractivity contribution in [3.63, 3.8) is 0 Å². The van der Waals surface area contributed by atoms with E-state index in [9.17, 15) is 0 Å². The van der Waals surface area contributed by atoms with E-state index in [4.69, 9.17) is 69.6 Å². The molecule has 0 spiro atoms. The average Bonchev–Trinajstić information content (AvgIpc) is 2.58. The van der Waals surface area contributed by atoms with Crippen LogP contribution in [0.1, 0.15) is 82.8 Å². The van der Waals surface area contributed by atoms with Crippen LogP contribution in [0, 0.1) is 0 Å². The van der Waals surface area contributed by atoms with Gasteiger partial charge in [0.25, 0.3) is 0 Å². The number of alkyl halides is 6. The summed E-state index contributed by atoms with van der Waals surface area (Å²) in [7, 11) is 0. The minimum absolute atomic E-state index is 0.0469. The molecule has 0 amide bonds. The van der Waals surface area contributed by atoms with Gasteiger partial charge in [-0.1, -0.05) is 146 Å². The Bertz CT molecular complexity index is 516. The fraction of sp³-hybridized carbons (Fsp3) is 0.824. The predicted octanol–water partition coefficient (Wildman–Crippen LogP) is 8.54. The summed E-state index contributed by atoms with van der Waals surface area (Å²) in [6.07, 6.45) is 12.8. The van der Waals surface area contributed by atoms with Crippen LogP contribution < -0.4 is 0 Å². The van der Waals surface area contributed by atoms with Crippen molar-refractivity contribution in [3.05, 3.63) is 11.6 Å². The minimum atomic E-state index is -1.81. The molecule has 0 atom stereocenters. The predicted molar refractivity (Wildman–Crippen MR) is 121 cm³/mol. The number of rotatable bonds is 12. The molecule has 0 aliphatic heterocycles. The Morgan fingerprint density at radius 3 is 1.44 bits per heavy atom. The van der Waals surface area contributed by atoms with Gasteiger partial charge in [0.2, 0.25) is 7.59 Å². The molecule has 10 heteroatoms. The van der Waals surface area contributed by atoms with E-state index in [-0.39, 0.29) is 11.6 Å². The summed E-state index contributed by atoms with van der Waals surface area (Å²) in [6.45, 7) is 2.24. The summed E-state index contributed by atoms with van der Waals surface area (Å²) < 4.78 is -3.61. The van der Waals surface area contributed by atoms with Crippen molar-refractivity contribution < 1.29 is 0 Å². The SMILES string of the molecule is CCCCCCCCCCCCSc1nc(C(Cl)(Cl)Cl)nc(C(Cl)(Cl)Cl)n1. The maximum Gasteiger partial charge on any atom is 0.250 e. The van der Waals surface area contributed by atoms with Crippen molar-refractivity contribution in [3.8, 4) is 0 Å². The molecular weight excluding hydrogens is 491 g/mol. The monoisotopic (exact) mass is 513 g/mol. The van der Waals surface area contributed by atoms with Gasteiger partial charge in [0.1, 0.15) is 0 Å². The molecule has 0 aliphatic carbocycles. The lowest BCUT2D eigenvalue weighted by Crippen LogP contribution is -2.16. The highest BCUT2D eigenvalue weighted by molar-refractivity contribution is 7.99. The molecule has 0 N–H and O–H groups in total. The molecule has 1 aromatic rings. The van der Waals surface area contributed by atoms with Gasteiger partial charge < -0.3 is 0 Å². The molecule has 0 saturated heterocycles. The lowest BCUT2D eigenvalue weighted by atomic mass is 10.1. The van der Waals surface area contributed by atoms with E-state index in [0.29, 0.717) is 5.16 Å². The molecule has 1 rings (SSSR count). The van der Waals surface area contributed by atoms with Gasteiger partial charge in [-0.2, -0.15) is 0 Å². The summed E-state index contributed by atoms with van der Waals surface area (Å²) in [5, 5.41) is 0.392. The molecule has 27 heavy (non-hydrogen) atoms. The van der Waals surface area contributed by atoms with Crippen LogP contribution in [-0.4, -0.2) is 20.7 Å². The van der Waals surface area contributed by atoms with E-state index in [1.807, 2.05) is 0 Å². The Morgan fingerprint density at radius 2 is 1.04 bits per heavy atom.